The van der Waals surface area contributed by atoms with Gasteiger partial charge in [0.15, 0.2) is 0 Å². The number of carbonyl (C=O) groups excluding carboxylic acids is 1. The molecule has 0 aromatic heterocycles. The average molecular weight is 218 g/mol. The molecule has 0 bridgehead atoms. The Balaban J connectivity index is 4.52. The first-order chi connectivity index (χ1) is 6.93. The third-order valence-corrected chi connectivity index (χ3v) is 1.92. The Labute approximate surface area is 86.8 Å². The summed E-state index contributed by atoms with van der Waals surface area (Å²) < 4.78 is 4.73. The molecule has 86 valence electrons. The second-order valence-corrected chi connectivity index (χ2v) is 2.98. The van der Waals surface area contributed by atoms with Gasteiger partial charge in [-0.25, -0.2) is 0 Å². The number of hydrogen-bond donors (Lipinski definition) is 2. The number of carboxylic acids is 2. The van der Waals surface area contributed by atoms with E-state index < -0.39 is 29.9 Å². The van der Waals surface area contributed by atoms with Crippen LogP contribution in [0.25, 0.3) is 0 Å². The molecule has 0 spiro atoms. The number of rotatable bonds is 6. The summed E-state index contributed by atoms with van der Waals surface area (Å²) in [6, 6.07) is 0. The lowest BCUT2D eigenvalue weighted by Crippen LogP contribution is -2.35. The van der Waals surface area contributed by atoms with Gasteiger partial charge in [0.1, 0.15) is 6.10 Å². The van der Waals surface area contributed by atoms with Crippen molar-refractivity contribution in [3.8, 4) is 0 Å². The van der Waals surface area contributed by atoms with Gasteiger partial charge in [-0.3, -0.25) is 14.4 Å². The molecule has 0 radical (unpaired) electrons. The maximum atomic E-state index is 11.2. The van der Waals surface area contributed by atoms with E-state index in [9.17, 15) is 14.4 Å². The Morgan fingerprint density at radius 2 is 1.47 bits per heavy atom. The van der Waals surface area contributed by atoms with E-state index in [-0.39, 0.29) is 0 Å². The van der Waals surface area contributed by atoms with Crippen molar-refractivity contribution in [1.29, 1.82) is 0 Å². The summed E-state index contributed by atoms with van der Waals surface area (Å²) in [5, 5.41) is 17.0. The zero-order valence-corrected chi connectivity index (χ0v) is 8.60. The highest BCUT2D eigenvalue weighted by Crippen LogP contribution is 2.08. The first-order valence-electron chi connectivity index (χ1n) is 4.60. The molecule has 0 fully saturated rings. The van der Waals surface area contributed by atoms with Crippen molar-refractivity contribution in [2.24, 2.45) is 5.92 Å². The monoisotopic (exact) mass is 218 g/mol. The van der Waals surface area contributed by atoms with Crippen LogP contribution in [0.5, 0.6) is 0 Å². The van der Waals surface area contributed by atoms with Crippen molar-refractivity contribution in [2.45, 2.75) is 32.8 Å². The summed E-state index contributed by atoms with van der Waals surface area (Å²) in [5.41, 5.74) is 0. The largest absolute Gasteiger partial charge is 0.480 e. The fourth-order valence-corrected chi connectivity index (χ4v) is 0.995. The van der Waals surface area contributed by atoms with Gasteiger partial charge in [-0.15, -0.1) is 0 Å². The van der Waals surface area contributed by atoms with Gasteiger partial charge in [0.2, 0.25) is 5.92 Å². The van der Waals surface area contributed by atoms with E-state index in [2.05, 4.69) is 0 Å². The molecule has 0 aliphatic rings. The zero-order chi connectivity index (χ0) is 12.0. The van der Waals surface area contributed by atoms with E-state index in [1.165, 1.54) is 0 Å². The Hall–Kier alpha value is -1.59. The highest BCUT2D eigenvalue weighted by molar-refractivity contribution is 6.11. The molecular formula is C9H14O6. The Morgan fingerprint density at radius 1 is 1.07 bits per heavy atom. The van der Waals surface area contributed by atoms with Gasteiger partial charge in [-0.05, 0) is 12.8 Å². The quantitative estimate of drug-likeness (QED) is 0.497. The van der Waals surface area contributed by atoms with Gasteiger partial charge in [-0.2, -0.15) is 0 Å². The number of hydrogen-bond acceptors (Lipinski definition) is 4. The van der Waals surface area contributed by atoms with Crippen LogP contribution in [0.4, 0.5) is 0 Å². The first kappa shape index (κ1) is 13.4. The van der Waals surface area contributed by atoms with Gasteiger partial charge < -0.3 is 14.9 Å². The minimum absolute atomic E-state index is 0.432. The Morgan fingerprint density at radius 3 is 1.73 bits per heavy atom. The van der Waals surface area contributed by atoms with Crippen molar-refractivity contribution < 1.29 is 29.3 Å². The fourth-order valence-electron chi connectivity index (χ4n) is 0.995. The number of esters is 1. The lowest BCUT2D eigenvalue weighted by Gasteiger charge is -2.15. The molecule has 0 aromatic carbocycles. The lowest BCUT2D eigenvalue weighted by molar-refractivity contribution is -0.169. The first-order valence-corrected chi connectivity index (χ1v) is 4.60. The highest BCUT2D eigenvalue weighted by atomic mass is 16.5. The third-order valence-electron chi connectivity index (χ3n) is 1.92. The SMILES string of the molecule is CCC(CC)OC(=O)C(C(=O)O)C(=O)O. The van der Waals surface area contributed by atoms with Crippen LogP contribution in [0, 0.1) is 5.92 Å². The molecule has 0 aliphatic heterocycles. The van der Waals surface area contributed by atoms with E-state index in [0.29, 0.717) is 12.8 Å². The molecule has 0 unspecified atom stereocenters. The molecule has 0 rings (SSSR count). The number of carboxylic acid groups (broad SMARTS) is 2. The number of aliphatic carboxylic acids is 2. The van der Waals surface area contributed by atoms with Crippen LogP contribution in [-0.4, -0.2) is 34.2 Å². The van der Waals surface area contributed by atoms with Crippen molar-refractivity contribution in [2.75, 3.05) is 0 Å². The number of ether oxygens (including phenoxy) is 1. The van der Waals surface area contributed by atoms with E-state index in [4.69, 9.17) is 14.9 Å². The molecule has 0 amide bonds. The van der Waals surface area contributed by atoms with Gasteiger partial charge in [0.25, 0.3) is 0 Å². The van der Waals surface area contributed by atoms with Crippen LogP contribution in [0.3, 0.4) is 0 Å². The summed E-state index contributed by atoms with van der Waals surface area (Å²) in [7, 11) is 0. The van der Waals surface area contributed by atoms with Crippen molar-refractivity contribution in [1.82, 2.24) is 0 Å². The Kier molecular flexibility index (Phi) is 5.36. The van der Waals surface area contributed by atoms with Crippen LogP contribution in [0.2, 0.25) is 0 Å². The standard InChI is InChI=1S/C9H14O6/c1-3-5(4-2)15-9(14)6(7(10)11)8(12)13/h5-6H,3-4H2,1-2H3,(H,10,11)(H,12,13). The van der Waals surface area contributed by atoms with E-state index in [0.717, 1.165) is 0 Å². The van der Waals surface area contributed by atoms with Crippen LogP contribution < -0.4 is 0 Å². The summed E-state index contributed by atoms with van der Waals surface area (Å²) >= 11 is 0. The van der Waals surface area contributed by atoms with Crippen molar-refractivity contribution in [3.05, 3.63) is 0 Å². The van der Waals surface area contributed by atoms with Crippen LogP contribution >= 0.6 is 0 Å². The summed E-state index contributed by atoms with van der Waals surface area (Å²) in [6.07, 6.45) is 0.612. The summed E-state index contributed by atoms with van der Waals surface area (Å²) in [4.78, 5) is 32.1. The maximum Gasteiger partial charge on any atom is 0.332 e. The third kappa shape index (κ3) is 3.97. The van der Waals surface area contributed by atoms with Gasteiger partial charge >= 0.3 is 17.9 Å². The molecule has 15 heavy (non-hydrogen) atoms. The normalized spacial score (nSPS) is 10.4. The molecule has 6 nitrogen and oxygen atoms in total. The van der Waals surface area contributed by atoms with Crippen LogP contribution in [0.1, 0.15) is 26.7 Å². The van der Waals surface area contributed by atoms with Crippen molar-refractivity contribution >= 4 is 17.9 Å². The van der Waals surface area contributed by atoms with Gasteiger partial charge in [0, 0.05) is 0 Å². The molecule has 0 heterocycles. The molecule has 0 aromatic rings. The second kappa shape index (κ2) is 6.00. The van der Waals surface area contributed by atoms with E-state index >= 15 is 0 Å². The minimum atomic E-state index is -2.13. The molecule has 2 N–H and O–H groups in total. The zero-order valence-electron chi connectivity index (χ0n) is 8.60. The van der Waals surface area contributed by atoms with Gasteiger partial charge in [-0.1, -0.05) is 13.8 Å². The second-order valence-electron chi connectivity index (χ2n) is 2.98. The van der Waals surface area contributed by atoms with Crippen LogP contribution in [0.15, 0.2) is 0 Å². The minimum Gasteiger partial charge on any atom is -0.480 e. The molecule has 0 atom stereocenters. The fraction of sp³-hybridized carbons (Fsp3) is 0.667. The summed E-state index contributed by atoms with van der Waals surface area (Å²) in [5.74, 6) is -6.77. The average Bonchev–Trinajstić information content (AvgIpc) is 2.12. The smallest absolute Gasteiger partial charge is 0.332 e. The predicted molar refractivity (Wildman–Crippen MR) is 49.2 cm³/mol. The molecule has 6 heteroatoms. The highest BCUT2D eigenvalue weighted by Gasteiger charge is 2.36. The number of carbonyl (C=O) groups is 3. The molecule has 0 saturated heterocycles. The van der Waals surface area contributed by atoms with Crippen molar-refractivity contribution in [3.63, 3.8) is 0 Å². The van der Waals surface area contributed by atoms with E-state index in [1.54, 1.807) is 13.8 Å². The lowest BCUT2D eigenvalue weighted by atomic mass is 10.1. The van der Waals surface area contributed by atoms with Crippen LogP contribution in [-0.2, 0) is 19.1 Å². The molecular weight excluding hydrogens is 204 g/mol. The van der Waals surface area contributed by atoms with E-state index in [1.807, 2.05) is 0 Å². The maximum absolute atomic E-state index is 11.2. The van der Waals surface area contributed by atoms with Gasteiger partial charge in [0.05, 0.1) is 0 Å². The topological polar surface area (TPSA) is 101 Å². The summed E-state index contributed by atoms with van der Waals surface area (Å²) in [6.45, 7) is 3.52. The Bertz CT molecular complexity index is 241. The predicted octanol–water partition coefficient (Wildman–Crippen LogP) is 0.504. The molecule has 0 aliphatic carbocycles. The molecule has 0 saturated carbocycles.